The number of benzene rings is 1. The Kier molecular flexibility index (Phi) is 5.40. The first-order valence-corrected chi connectivity index (χ1v) is 7.50. The topological polar surface area (TPSA) is 45.3 Å². The number of ether oxygens (including phenoxy) is 1. The highest BCUT2D eigenvalue weighted by atomic mass is 16.5. The normalized spacial score (nSPS) is 26.1. The van der Waals surface area contributed by atoms with Crippen molar-refractivity contribution in [2.24, 2.45) is 11.8 Å². The van der Waals surface area contributed by atoms with E-state index in [-0.39, 0.29) is 0 Å². The van der Waals surface area contributed by atoms with Gasteiger partial charge in [-0.25, -0.2) is 5.43 Å². The predicted molar refractivity (Wildman–Crippen MR) is 82.7 cm³/mol. The Balaban J connectivity index is 2.09. The molecule has 0 radical (unpaired) electrons. The Hall–Kier alpha value is -1.10. The van der Waals surface area contributed by atoms with Crippen molar-refractivity contribution in [3.05, 3.63) is 29.8 Å². The van der Waals surface area contributed by atoms with Gasteiger partial charge in [-0.15, -0.1) is 0 Å². The first kappa shape index (κ1) is 15.3. The van der Waals surface area contributed by atoms with Gasteiger partial charge in [-0.05, 0) is 37.6 Å². The van der Waals surface area contributed by atoms with Gasteiger partial charge in [-0.1, -0.05) is 26.0 Å². The molecular weight excluding hydrogens is 250 g/mol. The van der Waals surface area contributed by atoms with Crippen molar-refractivity contribution in [3.63, 3.8) is 0 Å². The maximum absolute atomic E-state index is 5.83. The molecule has 112 valence electrons. The number of hydrogen-bond donors (Lipinski definition) is 3. The largest absolute Gasteiger partial charge is 0.493 e. The molecule has 3 N–H and O–H groups in total. The second-order valence-electron chi connectivity index (χ2n) is 6.05. The van der Waals surface area contributed by atoms with Crippen LogP contribution in [0.1, 0.15) is 32.4 Å². The van der Waals surface area contributed by atoms with Gasteiger partial charge in [0.25, 0.3) is 0 Å². The third kappa shape index (κ3) is 3.72. The Bertz CT molecular complexity index is 422. The van der Waals surface area contributed by atoms with Gasteiger partial charge in [0.1, 0.15) is 5.75 Å². The average Bonchev–Trinajstić information content (AvgIpc) is 2.79. The zero-order valence-electron chi connectivity index (χ0n) is 12.9. The quantitative estimate of drug-likeness (QED) is 0.745. The fourth-order valence-electron chi connectivity index (χ4n) is 2.65. The van der Waals surface area contributed by atoms with Gasteiger partial charge in [0.15, 0.2) is 0 Å². The van der Waals surface area contributed by atoms with E-state index in [4.69, 9.17) is 4.74 Å². The molecule has 1 saturated heterocycles. The highest BCUT2D eigenvalue weighted by molar-refractivity contribution is 5.31. The van der Waals surface area contributed by atoms with E-state index in [1.165, 1.54) is 5.56 Å². The molecule has 0 spiro atoms. The molecular formula is C16H27N3O. The molecule has 0 bridgehead atoms. The lowest BCUT2D eigenvalue weighted by Gasteiger charge is -2.21. The summed E-state index contributed by atoms with van der Waals surface area (Å²) in [7, 11) is 2.00. The Labute approximate surface area is 122 Å². The smallest absolute Gasteiger partial charge is 0.119 e. The lowest BCUT2D eigenvalue weighted by Crippen LogP contribution is -2.31. The van der Waals surface area contributed by atoms with Crippen molar-refractivity contribution >= 4 is 0 Å². The Morgan fingerprint density at radius 3 is 2.80 bits per heavy atom. The zero-order chi connectivity index (χ0) is 14.5. The van der Waals surface area contributed by atoms with Crippen LogP contribution in [0.5, 0.6) is 5.75 Å². The second-order valence-corrected chi connectivity index (χ2v) is 6.05. The lowest BCUT2D eigenvalue weighted by atomic mass is 9.90. The molecule has 4 nitrogen and oxygen atoms in total. The number of hydrazine groups is 1. The summed E-state index contributed by atoms with van der Waals surface area (Å²) in [5.41, 5.74) is 8.03. The van der Waals surface area contributed by atoms with Gasteiger partial charge < -0.3 is 10.1 Å². The second kappa shape index (κ2) is 7.07. The third-order valence-corrected chi connectivity index (χ3v) is 3.78. The third-order valence-electron chi connectivity index (χ3n) is 3.78. The van der Waals surface area contributed by atoms with Gasteiger partial charge in [0, 0.05) is 18.5 Å². The fourth-order valence-corrected chi connectivity index (χ4v) is 2.65. The van der Waals surface area contributed by atoms with E-state index in [0.717, 1.165) is 18.9 Å². The molecule has 3 unspecified atom stereocenters. The van der Waals surface area contributed by atoms with Crippen molar-refractivity contribution in [3.8, 4) is 5.75 Å². The maximum Gasteiger partial charge on any atom is 0.119 e. The summed E-state index contributed by atoms with van der Waals surface area (Å²) in [5.74, 6) is 2.03. The van der Waals surface area contributed by atoms with Crippen LogP contribution in [0.3, 0.4) is 0 Å². The van der Waals surface area contributed by atoms with Crippen LogP contribution in [-0.2, 0) is 0 Å². The molecule has 0 aromatic heterocycles. The standard InChI is InChI=1S/C16H27N3O/c1-11(2)10-20-14-7-5-6-13(8-14)16-15(9-17-4)12(3)18-19-16/h5-8,11-12,15-19H,9-10H2,1-4H3. The van der Waals surface area contributed by atoms with E-state index in [1.54, 1.807) is 0 Å². The molecule has 1 aromatic carbocycles. The summed E-state index contributed by atoms with van der Waals surface area (Å²) in [4.78, 5) is 0. The predicted octanol–water partition coefficient (Wildman–Crippen LogP) is 2.09. The molecule has 20 heavy (non-hydrogen) atoms. The Morgan fingerprint density at radius 1 is 1.30 bits per heavy atom. The minimum Gasteiger partial charge on any atom is -0.493 e. The van der Waals surface area contributed by atoms with Crippen molar-refractivity contribution < 1.29 is 4.74 Å². The van der Waals surface area contributed by atoms with Gasteiger partial charge in [-0.2, -0.15) is 0 Å². The molecule has 0 aliphatic carbocycles. The monoisotopic (exact) mass is 277 g/mol. The van der Waals surface area contributed by atoms with E-state index in [0.29, 0.717) is 23.9 Å². The highest BCUT2D eigenvalue weighted by Gasteiger charge is 2.33. The van der Waals surface area contributed by atoms with Crippen LogP contribution < -0.4 is 20.9 Å². The zero-order valence-corrected chi connectivity index (χ0v) is 12.9. The molecule has 1 aliphatic rings. The van der Waals surface area contributed by atoms with E-state index >= 15 is 0 Å². The van der Waals surface area contributed by atoms with Crippen LogP contribution in [0, 0.1) is 11.8 Å². The van der Waals surface area contributed by atoms with Crippen molar-refractivity contribution in [1.82, 2.24) is 16.2 Å². The summed E-state index contributed by atoms with van der Waals surface area (Å²) >= 11 is 0. The minimum atomic E-state index is 0.319. The van der Waals surface area contributed by atoms with Crippen LogP contribution in [0.25, 0.3) is 0 Å². The van der Waals surface area contributed by atoms with Gasteiger partial charge in [-0.3, -0.25) is 5.43 Å². The molecule has 1 aliphatic heterocycles. The van der Waals surface area contributed by atoms with Crippen LogP contribution >= 0.6 is 0 Å². The molecule has 1 aromatic rings. The minimum absolute atomic E-state index is 0.319. The summed E-state index contributed by atoms with van der Waals surface area (Å²) in [5, 5.41) is 3.28. The average molecular weight is 277 g/mol. The molecule has 4 heteroatoms. The van der Waals surface area contributed by atoms with Crippen LogP contribution in [0.4, 0.5) is 0 Å². The van der Waals surface area contributed by atoms with E-state index < -0.39 is 0 Å². The van der Waals surface area contributed by atoms with Crippen LogP contribution in [-0.4, -0.2) is 26.2 Å². The van der Waals surface area contributed by atoms with E-state index in [1.807, 2.05) is 13.1 Å². The van der Waals surface area contributed by atoms with Crippen molar-refractivity contribution in [1.29, 1.82) is 0 Å². The Morgan fingerprint density at radius 2 is 2.10 bits per heavy atom. The SMILES string of the molecule is CNCC1C(C)NNC1c1cccc(OCC(C)C)c1. The van der Waals surface area contributed by atoms with Gasteiger partial charge in [0.2, 0.25) is 0 Å². The van der Waals surface area contributed by atoms with Crippen LogP contribution in [0.15, 0.2) is 24.3 Å². The molecule has 1 fully saturated rings. The molecule has 0 saturated carbocycles. The molecule has 0 amide bonds. The van der Waals surface area contributed by atoms with E-state index in [9.17, 15) is 0 Å². The number of hydrogen-bond acceptors (Lipinski definition) is 4. The summed E-state index contributed by atoms with van der Waals surface area (Å²) in [6.07, 6.45) is 0. The van der Waals surface area contributed by atoms with Crippen LogP contribution in [0.2, 0.25) is 0 Å². The molecule has 2 rings (SSSR count). The van der Waals surface area contributed by atoms with Crippen molar-refractivity contribution in [2.75, 3.05) is 20.2 Å². The number of nitrogens with one attached hydrogen (secondary N) is 3. The molecule has 1 heterocycles. The van der Waals surface area contributed by atoms with Gasteiger partial charge >= 0.3 is 0 Å². The fraction of sp³-hybridized carbons (Fsp3) is 0.625. The van der Waals surface area contributed by atoms with Gasteiger partial charge in [0.05, 0.1) is 12.6 Å². The molecule has 3 atom stereocenters. The first-order chi connectivity index (χ1) is 9.61. The summed E-state index contributed by atoms with van der Waals surface area (Å²) in [6.45, 7) is 8.29. The van der Waals surface area contributed by atoms with E-state index in [2.05, 4.69) is 55.1 Å². The summed E-state index contributed by atoms with van der Waals surface area (Å²) < 4.78 is 5.83. The van der Waals surface area contributed by atoms with Crippen molar-refractivity contribution in [2.45, 2.75) is 32.9 Å². The number of rotatable bonds is 6. The lowest BCUT2D eigenvalue weighted by molar-refractivity contribution is 0.270. The maximum atomic E-state index is 5.83. The first-order valence-electron chi connectivity index (χ1n) is 7.50. The highest BCUT2D eigenvalue weighted by Crippen LogP contribution is 2.30. The summed E-state index contributed by atoms with van der Waals surface area (Å²) in [6, 6.07) is 9.20.